The molecule has 0 aliphatic rings. The van der Waals surface area contributed by atoms with E-state index in [1.807, 2.05) is 0 Å². The van der Waals surface area contributed by atoms with Crippen molar-refractivity contribution in [2.45, 2.75) is 13.5 Å². The van der Waals surface area contributed by atoms with Crippen molar-refractivity contribution < 1.29 is 13.9 Å². The van der Waals surface area contributed by atoms with Crippen LogP contribution < -0.4 is 10.3 Å². The first kappa shape index (κ1) is 20.3. The minimum atomic E-state index is -0.567. The first-order chi connectivity index (χ1) is 13.4. The molecule has 0 radical (unpaired) electrons. The summed E-state index contributed by atoms with van der Waals surface area (Å²) in [6.07, 6.45) is 0. The quantitative estimate of drug-likeness (QED) is 0.595. The zero-order valence-electron chi connectivity index (χ0n) is 14.8. The van der Waals surface area contributed by atoms with Crippen LogP contribution in [0.25, 0.3) is 10.9 Å². The highest BCUT2D eigenvalue weighted by Crippen LogP contribution is 2.21. The lowest BCUT2D eigenvalue weighted by molar-refractivity contribution is -0.133. The number of H-pyrrole nitrogens is 1. The zero-order chi connectivity index (χ0) is 20.3. The van der Waals surface area contributed by atoms with Crippen LogP contribution in [0.5, 0.6) is 5.75 Å². The summed E-state index contributed by atoms with van der Waals surface area (Å²) in [6, 6.07) is 9.11. The lowest BCUT2D eigenvalue weighted by Crippen LogP contribution is -2.35. The van der Waals surface area contributed by atoms with E-state index in [0.29, 0.717) is 32.8 Å². The number of carbonyl (C=O) groups is 1. The van der Waals surface area contributed by atoms with E-state index >= 15 is 0 Å². The highest BCUT2D eigenvalue weighted by Gasteiger charge is 2.16. The number of carbonyl (C=O) groups excluding carboxylic acids is 1. The van der Waals surface area contributed by atoms with E-state index in [1.54, 1.807) is 31.2 Å². The van der Waals surface area contributed by atoms with Crippen LogP contribution in [0.1, 0.15) is 12.7 Å². The van der Waals surface area contributed by atoms with Gasteiger partial charge in [-0.15, -0.1) is 0 Å². The number of ether oxygens (including phenoxy) is 1. The molecule has 0 saturated carbocycles. The molecule has 0 atom stereocenters. The van der Waals surface area contributed by atoms with Gasteiger partial charge in [0.1, 0.15) is 5.82 Å². The van der Waals surface area contributed by atoms with Crippen LogP contribution in [0, 0.1) is 5.82 Å². The summed E-state index contributed by atoms with van der Waals surface area (Å²) in [7, 11) is 0. The summed E-state index contributed by atoms with van der Waals surface area (Å²) in [5.74, 6) is -0.620. The Morgan fingerprint density at radius 3 is 2.82 bits per heavy atom. The normalized spacial score (nSPS) is 10.9. The van der Waals surface area contributed by atoms with Crippen molar-refractivity contribution >= 4 is 44.3 Å². The second-order valence-electron chi connectivity index (χ2n) is 5.95. The summed E-state index contributed by atoms with van der Waals surface area (Å²) in [5.41, 5.74) is 0.135. The third-order valence-corrected chi connectivity index (χ3v) is 4.77. The minimum Gasteiger partial charge on any atom is -0.481 e. The van der Waals surface area contributed by atoms with Crippen LogP contribution in [-0.2, 0) is 11.3 Å². The number of benzene rings is 2. The monoisotopic (exact) mass is 467 g/mol. The number of aromatic nitrogens is 2. The maximum Gasteiger partial charge on any atom is 0.260 e. The van der Waals surface area contributed by atoms with Gasteiger partial charge in [-0.3, -0.25) is 9.59 Å². The van der Waals surface area contributed by atoms with Crippen molar-refractivity contribution in [2.24, 2.45) is 0 Å². The number of nitrogens with zero attached hydrogens (tertiary/aromatic N) is 2. The number of hydrogen-bond acceptors (Lipinski definition) is 4. The van der Waals surface area contributed by atoms with Gasteiger partial charge in [0.25, 0.3) is 11.5 Å². The van der Waals surface area contributed by atoms with Crippen molar-refractivity contribution in [1.29, 1.82) is 0 Å². The van der Waals surface area contributed by atoms with E-state index < -0.39 is 5.82 Å². The van der Waals surface area contributed by atoms with Crippen LogP contribution in [-0.4, -0.2) is 33.9 Å². The molecule has 0 bridgehead atoms. The van der Waals surface area contributed by atoms with Crippen molar-refractivity contribution in [3.05, 3.63) is 67.9 Å². The molecular weight excluding hydrogens is 453 g/mol. The fourth-order valence-electron chi connectivity index (χ4n) is 2.62. The minimum absolute atomic E-state index is 0.0144. The molecule has 0 spiro atoms. The second-order valence-corrected chi connectivity index (χ2v) is 7.30. The summed E-state index contributed by atoms with van der Waals surface area (Å²) < 4.78 is 19.7. The summed E-state index contributed by atoms with van der Waals surface area (Å²) in [5, 5.41) is 0.876. The predicted molar refractivity (Wildman–Crippen MR) is 108 cm³/mol. The molecule has 0 aliphatic carbocycles. The fraction of sp³-hybridized carbons (Fsp3) is 0.211. The molecule has 3 rings (SSSR count). The standard InChI is InChI=1S/C19H16BrClFN3O3/c1-2-25(18(26)10-28-16-6-3-11(20)7-14(16)22)9-17-23-15-8-12(21)4-5-13(15)19(27)24-17/h3-8H,2,9-10H2,1H3,(H,23,24,27). The molecule has 1 heterocycles. The molecule has 0 saturated heterocycles. The Balaban J connectivity index is 1.73. The summed E-state index contributed by atoms with van der Waals surface area (Å²) >= 11 is 9.12. The van der Waals surface area contributed by atoms with Crippen LogP contribution in [0.4, 0.5) is 4.39 Å². The Labute approximate surface area is 173 Å². The van der Waals surface area contributed by atoms with Gasteiger partial charge in [0.2, 0.25) is 0 Å². The maximum atomic E-state index is 13.8. The maximum absolute atomic E-state index is 13.8. The van der Waals surface area contributed by atoms with Crippen molar-refractivity contribution in [2.75, 3.05) is 13.2 Å². The molecule has 2 aromatic carbocycles. The predicted octanol–water partition coefficient (Wildman–Crippen LogP) is 3.91. The van der Waals surface area contributed by atoms with E-state index in [-0.39, 0.29) is 30.4 Å². The van der Waals surface area contributed by atoms with Crippen LogP contribution in [0.2, 0.25) is 5.02 Å². The van der Waals surface area contributed by atoms with Gasteiger partial charge in [0.05, 0.1) is 17.4 Å². The number of aromatic amines is 1. The third kappa shape index (κ3) is 4.69. The molecule has 6 nitrogen and oxygen atoms in total. The molecular formula is C19H16BrClFN3O3. The second kappa shape index (κ2) is 8.70. The number of nitrogens with one attached hydrogen (secondary N) is 1. The van der Waals surface area contributed by atoms with E-state index in [0.717, 1.165) is 0 Å². The Morgan fingerprint density at radius 2 is 2.11 bits per heavy atom. The number of halogens is 3. The lowest BCUT2D eigenvalue weighted by atomic mass is 10.2. The van der Waals surface area contributed by atoms with Gasteiger partial charge in [-0.25, -0.2) is 9.37 Å². The van der Waals surface area contributed by atoms with E-state index in [9.17, 15) is 14.0 Å². The van der Waals surface area contributed by atoms with Gasteiger partial charge in [-0.1, -0.05) is 27.5 Å². The summed E-state index contributed by atoms with van der Waals surface area (Å²) in [6.45, 7) is 1.89. The molecule has 0 unspecified atom stereocenters. The molecule has 3 aromatic rings. The third-order valence-electron chi connectivity index (χ3n) is 4.04. The molecule has 0 fully saturated rings. The largest absolute Gasteiger partial charge is 0.481 e. The van der Waals surface area contributed by atoms with Crippen LogP contribution in [0.3, 0.4) is 0 Å². The van der Waals surface area contributed by atoms with E-state index in [2.05, 4.69) is 25.9 Å². The average molecular weight is 469 g/mol. The molecule has 28 heavy (non-hydrogen) atoms. The zero-order valence-corrected chi connectivity index (χ0v) is 17.2. The Kier molecular flexibility index (Phi) is 6.31. The highest BCUT2D eigenvalue weighted by atomic mass is 79.9. The van der Waals surface area contributed by atoms with Crippen LogP contribution >= 0.6 is 27.5 Å². The molecule has 1 aromatic heterocycles. The molecule has 0 aliphatic heterocycles. The number of fused-ring (bicyclic) bond motifs is 1. The van der Waals surface area contributed by atoms with Gasteiger partial charge >= 0.3 is 0 Å². The van der Waals surface area contributed by atoms with Gasteiger partial charge in [0, 0.05) is 16.0 Å². The number of likely N-dealkylation sites (N-methyl/N-ethyl adjacent to an activating group) is 1. The molecule has 146 valence electrons. The van der Waals surface area contributed by atoms with Crippen molar-refractivity contribution in [3.63, 3.8) is 0 Å². The van der Waals surface area contributed by atoms with Crippen molar-refractivity contribution in [3.8, 4) is 5.75 Å². The first-order valence-electron chi connectivity index (χ1n) is 8.41. The Morgan fingerprint density at radius 1 is 1.32 bits per heavy atom. The number of amides is 1. The topological polar surface area (TPSA) is 75.3 Å². The number of hydrogen-bond donors (Lipinski definition) is 1. The fourth-order valence-corrected chi connectivity index (χ4v) is 3.12. The summed E-state index contributed by atoms with van der Waals surface area (Å²) in [4.78, 5) is 33.2. The smallest absolute Gasteiger partial charge is 0.260 e. The molecule has 9 heteroatoms. The van der Waals surface area contributed by atoms with Gasteiger partial charge < -0.3 is 14.6 Å². The lowest BCUT2D eigenvalue weighted by Gasteiger charge is -2.20. The Hall–Kier alpha value is -2.45. The van der Waals surface area contributed by atoms with E-state index in [1.165, 1.54) is 17.0 Å². The average Bonchev–Trinajstić information content (AvgIpc) is 2.64. The molecule has 1 N–H and O–H groups in total. The van der Waals surface area contributed by atoms with Crippen molar-refractivity contribution in [1.82, 2.24) is 14.9 Å². The van der Waals surface area contributed by atoms with E-state index in [4.69, 9.17) is 16.3 Å². The first-order valence-corrected chi connectivity index (χ1v) is 9.58. The highest BCUT2D eigenvalue weighted by molar-refractivity contribution is 9.10. The van der Waals surface area contributed by atoms with Gasteiger partial charge in [-0.2, -0.15) is 0 Å². The SMILES string of the molecule is CCN(Cc1nc2cc(Cl)ccc2c(=O)[nH]1)C(=O)COc1ccc(Br)cc1F. The van der Waals surface area contributed by atoms with Gasteiger partial charge in [0.15, 0.2) is 18.2 Å². The number of rotatable bonds is 6. The van der Waals surface area contributed by atoms with Gasteiger partial charge in [-0.05, 0) is 43.3 Å². The Bertz CT molecular complexity index is 1090. The van der Waals surface area contributed by atoms with Crippen LogP contribution in [0.15, 0.2) is 45.7 Å². The molecule has 1 amide bonds.